The molecule has 1 aliphatic rings. The molecular weight excluding hydrogens is 414 g/mol. The Morgan fingerprint density at radius 1 is 1.30 bits per heavy atom. The van der Waals surface area contributed by atoms with Crippen molar-refractivity contribution in [1.82, 2.24) is 5.32 Å². The summed E-state index contributed by atoms with van der Waals surface area (Å²) in [5, 5.41) is 17.3. The molecule has 1 unspecified atom stereocenters. The predicted molar refractivity (Wildman–Crippen MR) is 106 cm³/mol. The third-order valence-electron chi connectivity index (χ3n) is 4.22. The molecule has 27 heavy (non-hydrogen) atoms. The molecule has 7 nitrogen and oxygen atoms in total. The second-order valence-corrected chi connectivity index (χ2v) is 7.40. The number of anilines is 1. The average Bonchev–Trinajstić information content (AvgIpc) is 3.45. The largest absolute Gasteiger partial charge is 0.484 e. The van der Waals surface area contributed by atoms with Crippen LogP contribution in [0, 0.1) is 10.1 Å². The first-order valence-corrected chi connectivity index (χ1v) is 9.44. The Bertz CT molecular complexity index is 837. The van der Waals surface area contributed by atoms with E-state index in [1.165, 1.54) is 6.07 Å². The SMILES string of the molecule is CC(Nc1ccc(Br)cc1[N+](=O)[O-])c1ccc(OCC(=O)NC2CC2)cc1. The van der Waals surface area contributed by atoms with Crippen LogP contribution in [-0.2, 0) is 4.79 Å². The Balaban J connectivity index is 1.59. The fourth-order valence-corrected chi connectivity index (χ4v) is 2.94. The summed E-state index contributed by atoms with van der Waals surface area (Å²) in [5.41, 5.74) is 1.41. The Hall–Kier alpha value is -2.61. The van der Waals surface area contributed by atoms with Gasteiger partial charge in [0.1, 0.15) is 11.4 Å². The second kappa shape index (κ2) is 8.39. The van der Waals surface area contributed by atoms with E-state index in [0.29, 0.717) is 22.0 Å². The highest BCUT2D eigenvalue weighted by molar-refractivity contribution is 9.10. The van der Waals surface area contributed by atoms with Gasteiger partial charge in [0.05, 0.1) is 4.92 Å². The predicted octanol–water partition coefficient (Wildman–Crippen LogP) is 4.19. The van der Waals surface area contributed by atoms with Gasteiger partial charge in [-0.3, -0.25) is 14.9 Å². The molecule has 0 spiro atoms. The van der Waals surface area contributed by atoms with Gasteiger partial charge in [0.2, 0.25) is 0 Å². The number of rotatable bonds is 8. The number of amides is 1. The van der Waals surface area contributed by atoms with Gasteiger partial charge in [-0.1, -0.05) is 28.1 Å². The van der Waals surface area contributed by atoms with Gasteiger partial charge in [-0.15, -0.1) is 0 Å². The zero-order chi connectivity index (χ0) is 19.4. The lowest BCUT2D eigenvalue weighted by Gasteiger charge is -2.16. The summed E-state index contributed by atoms with van der Waals surface area (Å²) >= 11 is 3.25. The molecule has 2 aromatic rings. The van der Waals surface area contributed by atoms with Gasteiger partial charge in [-0.2, -0.15) is 0 Å². The minimum Gasteiger partial charge on any atom is -0.484 e. The number of nitrogens with one attached hydrogen (secondary N) is 2. The van der Waals surface area contributed by atoms with Gasteiger partial charge in [0.15, 0.2) is 6.61 Å². The Labute approximate surface area is 165 Å². The first-order valence-electron chi connectivity index (χ1n) is 8.65. The summed E-state index contributed by atoms with van der Waals surface area (Å²) in [6.45, 7) is 1.92. The molecular formula is C19H20BrN3O4. The van der Waals surface area contributed by atoms with E-state index in [2.05, 4.69) is 26.6 Å². The van der Waals surface area contributed by atoms with Crippen molar-refractivity contribution in [3.8, 4) is 5.75 Å². The van der Waals surface area contributed by atoms with E-state index in [-0.39, 0.29) is 24.2 Å². The molecule has 0 heterocycles. The third-order valence-corrected chi connectivity index (χ3v) is 4.71. The summed E-state index contributed by atoms with van der Waals surface area (Å²) in [6.07, 6.45) is 2.09. The standard InChI is InChI=1S/C19H20BrN3O4/c1-12(21-17-9-4-14(20)10-18(17)23(25)26)13-2-7-16(8-3-13)27-11-19(24)22-15-5-6-15/h2-4,7-10,12,15,21H,5-6,11H2,1H3,(H,22,24). The van der Waals surface area contributed by atoms with Crippen LogP contribution in [0.5, 0.6) is 5.75 Å². The Morgan fingerprint density at radius 2 is 2.00 bits per heavy atom. The van der Waals surface area contributed by atoms with E-state index in [1.54, 1.807) is 24.3 Å². The zero-order valence-corrected chi connectivity index (χ0v) is 16.4. The maximum atomic E-state index is 11.7. The van der Waals surface area contributed by atoms with Crippen LogP contribution in [0.1, 0.15) is 31.4 Å². The molecule has 142 valence electrons. The Morgan fingerprint density at radius 3 is 2.63 bits per heavy atom. The number of hydrogen-bond acceptors (Lipinski definition) is 5. The summed E-state index contributed by atoms with van der Waals surface area (Å²) in [4.78, 5) is 22.5. The molecule has 0 saturated heterocycles. The number of benzene rings is 2. The van der Waals surface area contributed by atoms with Crippen molar-refractivity contribution in [3.63, 3.8) is 0 Å². The maximum Gasteiger partial charge on any atom is 0.293 e. The average molecular weight is 434 g/mol. The quantitative estimate of drug-likeness (QED) is 0.480. The molecule has 1 amide bonds. The van der Waals surface area contributed by atoms with Crippen molar-refractivity contribution in [2.24, 2.45) is 0 Å². The molecule has 2 aromatic carbocycles. The van der Waals surface area contributed by atoms with E-state index in [4.69, 9.17) is 4.74 Å². The van der Waals surface area contributed by atoms with Crippen LogP contribution in [0.2, 0.25) is 0 Å². The van der Waals surface area contributed by atoms with E-state index in [0.717, 1.165) is 18.4 Å². The van der Waals surface area contributed by atoms with Crippen LogP contribution >= 0.6 is 15.9 Å². The highest BCUT2D eigenvalue weighted by Crippen LogP contribution is 2.31. The van der Waals surface area contributed by atoms with Gasteiger partial charge in [-0.05, 0) is 49.6 Å². The van der Waals surface area contributed by atoms with Crippen molar-refractivity contribution < 1.29 is 14.5 Å². The first-order chi connectivity index (χ1) is 12.9. The number of hydrogen-bond donors (Lipinski definition) is 2. The fourth-order valence-electron chi connectivity index (χ4n) is 2.59. The number of carbonyl (C=O) groups is 1. The molecule has 1 saturated carbocycles. The Kier molecular flexibility index (Phi) is 5.95. The minimum absolute atomic E-state index is 0.00522. The lowest BCUT2D eigenvalue weighted by Crippen LogP contribution is -2.30. The lowest BCUT2D eigenvalue weighted by molar-refractivity contribution is -0.384. The lowest BCUT2D eigenvalue weighted by atomic mass is 10.1. The third kappa shape index (κ3) is 5.43. The topological polar surface area (TPSA) is 93.5 Å². The van der Waals surface area contributed by atoms with E-state index in [1.807, 2.05) is 19.1 Å². The van der Waals surface area contributed by atoms with Gasteiger partial charge < -0.3 is 15.4 Å². The van der Waals surface area contributed by atoms with Gasteiger partial charge in [0.25, 0.3) is 11.6 Å². The summed E-state index contributed by atoms with van der Waals surface area (Å²) < 4.78 is 6.14. The molecule has 1 atom stereocenters. The van der Waals surface area contributed by atoms with Gasteiger partial charge in [-0.25, -0.2) is 0 Å². The molecule has 0 aliphatic heterocycles. The van der Waals surface area contributed by atoms with Crippen LogP contribution in [0.3, 0.4) is 0 Å². The molecule has 2 N–H and O–H groups in total. The van der Waals surface area contributed by atoms with Crippen LogP contribution in [-0.4, -0.2) is 23.5 Å². The van der Waals surface area contributed by atoms with E-state index >= 15 is 0 Å². The zero-order valence-electron chi connectivity index (χ0n) is 14.8. The van der Waals surface area contributed by atoms with E-state index < -0.39 is 4.92 Å². The van der Waals surface area contributed by atoms with Crippen molar-refractivity contribution in [1.29, 1.82) is 0 Å². The van der Waals surface area contributed by atoms with Crippen molar-refractivity contribution >= 4 is 33.2 Å². The second-order valence-electron chi connectivity index (χ2n) is 6.48. The summed E-state index contributed by atoms with van der Waals surface area (Å²) in [7, 11) is 0. The molecule has 1 aliphatic carbocycles. The smallest absolute Gasteiger partial charge is 0.293 e. The molecule has 0 radical (unpaired) electrons. The summed E-state index contributed by atoms with van der Waals surface area (Å²) in [6, 6.07) is 12.4. The molecule has 8 heteroatoms. The van der Waals surface area contributed by atoms with Crippen molar-refractivity contribution in [2.75, 3.05) is 11.9 Å². The minimum atomic E-state index is -0.413. The number of nitrogens with zero attached hydrogens (tertiary/aromatic N) is 1. The number of nitro benzene ring substituents is 1. The van der Waals surface area contributed by atoms with Gasteiger partial charge >= 0.3 is 0 Å². The van der Waals surface area contributed by atoms with Gasteiger partial charge in [0, 0.05) is 22.6 Å². The van der Waals surface area contributed by atoms with Crippen molar-refractivity contribution in [2.45, 2.75) is 31.8 Å². The molecule has 3 rings (SSSR count). The van der Waals surface area contributed by atoms with E-state index in [9.17, 15) is 14.9 Å². The first kappa shape index (κ1) is 19.2. The molecule has 0 bridgehead atoms. The number of carbonyl (C=O) groups excluding carboxylic acids is 1. The fraction of sp³-hybridized carbons (Fsp3) is 0.316. The molecule has 1 fully saturated rings. The van der Waals surface area contributed by atoms with Crippen LogP contribution < -0.4 is 15.4 Å². The normalized spacial score (nSPS) is 14.3. The van der Waals surface area contributed by atoms with Crippen LogP contribution in [0.4, 0.5) is 11.4 Å². The number of halogens is 1. The number of ether oxygens (including phenoxy) is 1. The maximum absolute atomic E-state index is 11.7. The highest BCUT2D eigenvalue weighted by atomic mass is 79.9. The molecule has 0 aromatic heterocycles. The highest BCUT2D eigenvalue weighted by Gasteiger charge is 2.23. The monoisotopic (exact) mass is 433 g/mol. The summed E-state index contributed by atoms with van der Waals surface area (Å²) in [5.74, 6) is 0.491. The number of nitro groups is 1. The van der Waals surface area contributed by atoms with Crippen molar-refractivity contribution in [3.05, 3.63) is 62.6 Å². The van der Waals surface area contributed by atoms with Crippen LogP contribution in [0.25, 0.3) is 0 Å². The van der Waals surface area contributed by atoms with Crippen LogP contribution in [0.15, 0.2) is 46.9 Å².